The molecule has 0 saturated heterocycles. The second-order valence-electron chi connectivity index (χ2n) is 5.49. The van der Waals surface area contributed by atoms with Crippen molar-refractivity contribution >= 4 is 30.1 Å². The zero-order valence-electron chi connectivity index (χ0n) is 16.0. The summed E-state index contributed by atoms with van der Waals surface area (Å²) in [5, 5.41) is 11.7. The van der Waals surface area contributed by atoms with Crippen molar-refractivity contribution in [2.45, 2.75) is 47.6 Å². The van der Waals surface area contributed by atoms with Crippen LogP contribution in [0.25, 0.3) is 0 Å². The number of nitroso groups, excluding NO2 is 1. The number of Topliss-reactive ketones (excluding diaryl/α,β-unsaturated/α-hetero) is 1. The number of hydrogen-bond acceptors (Lipinski definition) is 9. The van der Waals surface area contributed by atoms with Gasteiger partial charge in [0.1, 0.15) is 5.76 Å². The lowest BCUT2D eigenvalue weighted by Crippen LogP contribution is -2.42. The summed E-state index contributed by atoms with van der Waals surface area (Å²) in [5.41, 5.74) is 4.78. The van der Waals surface area contributed by atoms with Crippen LogP contribution in [0.4, 0.5) is 0 Å². The number of nitrogens with zero attached hydrogens (tertiary/aromatic N) is 1. The molecule has 0 bridgehead atoms. The Morgan fingerprint density at radius 2 is 1.46 bits per heavy atom. The van der Waals surface area contributed by atoms with Crippen LogP contribution in [0.2, 0.25) is 0 Å². The molecule has 0 aliphatic rings. The van der Waals surface area contributed by atoms with Crippen molar-refractivity contribution in [3.8, 4) is 0 Å². The van der Waals surface area contributed by atoms with Crippen molar-refractivity contribution in [3.05, 3.63) is 16.4 Å². The number of aliphatic hydroxyl groups excluding tert-OH is 1. The maximum Gasteiger partial charge on any atom is 0.364 e. The number of ketones is 1. The van der Waals surface area contributed by atoms with Gasteiger partial charge in [0, 0.05) is 11.8 Å². The summed E-state index contributed by atoms with van der Waals surface area (Å²) >= 11 is 0. The van der Waals surface area contributed by atoms with E-state index in [-0.39, 0.29) is 49.0 Å². The maximum atomic E-state index is 11.1. The zero-order chi connectivity index (χ0) is 20.2. The normalized spacial score (nSPS) is 12.0. The molecule has 0 radical (unpaired) electrons. The minimum atomic E-state index is -1.12. The largest absolute Gasteiger partial charge is 0.509 e. The molecule has 0 aromatic carbocycles. The molecule has 1 unspecified atom stereocenters. The maximum absolute atomic E-state index is 11.1. The Labute approximate surface area is 159 Å². The molecule has 0 aliphatic heterocycles. The van der Waals surface area contributed by atoms with Gasteiger partial charge in [-0.3, -0.25) is 4.79 Å². The first-order chi connectivity index (χ1) is 11.5. The highest BCUT2D eigenvalue weighted by Gasteiger charge is 2.25. The fourth-order valence-electron chi connectivity index (χ4n) is 1.37. The summed E-state index contributed by atoms with van der Waals surface area (Å²) in [4.78, 5) is 43.2. The smallest absolute Gasteiger partial charge is 0.364 e. The standard InChI is InChI=1S/C8H13NO4.C8H15NO3.ClH/c1-4-13-8(11)6(9-12)7(10)5(2)3;1-4-12-8(11)6(9)7(10)5(2)3;/h5,10H,4H2,1-3H3;5-6H,4,9H2,1-3H3;1H. The summed E-state index contributed by atoms with van der Waals surface area (Å²) in [5.74, 6) is -2.71. The van der Waals surface area contributed by atoms with Gasteiger partial charge in [-0.1, -0.05) is 27.7 Å². The van der Waals surface area contributed by atoms with E-state index in [9.17, 15) is 24.4 Å². The van der Waals surface area contributed by atoms with Crippen molar-refractivity contribution in [3.63, 3.8) is 0 Å². The second-order valence-corrected chi connectivity index (χ2v) is 5.49. The van der Waals surface area contributed by atoms with E-state index < -0.39 is 23.7 Å². The van der Waals surface area contributed by atoms with Gasteiger partial charge in [0.05, 0.1) is 13.2 Å². The number of hydrogen-bond donors (Lipinski definition) is 2. The molecule has 0 heterocycles. The fourth-order valence-corrected chi connectivity index (χ4v) is 1.37. The molecule has 0 aliphatic carbocycles. The first-order valence-corrected chi connectivity index (χ1v) is 7.94. The number of rotatable bonds is 8. The number of halogens is 1. The zero-order valence-corrected chi connectivity index (χ0v) is 16.8. The van der Waals surface area contributed by atoms with E-state index in [0.29, 0.717) is 0 Å². The lowest BCUT2D eigenvalue weighted by molar-refractivity contribution is -0.148. The Balaban J connectivity index is -0.000000393. The van der Waals surface area contributed by atoms with E-state index in [2.05, 4.69) is 14.7 Å². The lowest BCUT2D eigenvalue weighted by atomic mass is 10.0. The van der Waals surface area contributed by atoms with Gasteiger partial charge in [0.15, 0.2) is 11.8 Å². The third kappa shape index (κ3) is 10.8. The van der Waals surface area contributed by atoms with Gasteiger partial charge in [-0.2, -0.15) is 0 Å². The molecule has 0 aromatic heterocycles. The van der Waals surface area contributed by atoms with Gasteiger partial charge in [-0.05, 0) is 19.0 Å². The van der Waals surface area contributed by atoms with Crippen molar-refractivity contribution in [1.29, 1.82) is 0 Å². The molecule has 0 rings (SSSR count). The lowest BCUT2D eigenvalue weighted by Gasteiger charge is -2.11. The average Bonchev–Trinajstić information content (AvgIpc) is 2.54. The summed E-state index contributed by atoms with van der Waals surface area (Å²) < 4.78 is 9.11. The number of esters is 2. The monoisotopic (exact) mass is 396 g/mol. The van der Waals surface area contributed by atoms with E-state index in [0.717, 1.165) is 0 Å². The van der Waals surface area contributed by atoms with Crippen LogP contribution in [0.1, 0.15) is 41.5 Å². The number of carbonyl (C=O) groups excluding carboxylic acids is 3. The topological polar surface area (TPSA) is 145 Å². The highest BCUT2D eigenvalue weighted by molar-refractivity contribution is 6.03. The van der Waals surface area contributed by atoms with Crippen LogP contribution in [-0.2, 0) is 23.9 Å². The summed E-state index contributed by atoms with van der Waals surface area (Å²) in [6.07, 6.45) is 0. The molecule has 0 amide bonds. The summed E-state index contributed by atoms with van der Waals surface area (Å²) in [7, 11) is 0. The van der Waals surface area contributed by atoms with Gasteiger partial charge in [0.25, 0.3) is 0 Å². The van der Waals surface area contributed by atoms with Gasteiger partial charge in [-0.25, -0.2) is 9.59 Å². The van der Waals surface area contributed by atoms with Crippen LogP contribution in [0.15, 0.2) is 16.6 Å². The number of ether oxygens (including phenoxy) is 2. The van der Waals surface area contributed by atoms with Gasteiger partial charge in [-0.15, -0.1) is 17.3 Å². The Kier molecular flexibility index (Phi) is 16.9. The van der Waals surface area contributed by atoms with Crippen LogP contribution in [-0.4, -0.2) is 42.1 Å². The second kappa shape index (κ2) is 15.3. The quantitative estimate of drug-likeness (QED) is 0.209. The van der Waals surface area contributed by atoms with Crippen LogP contribution in [0.5, 0.6) is 0 Å². The molecule has 0 aromatic rings. The molecule has 0 spiro atoms. The Bertz CT molecular complexity index is 505. The Morgan fingerprint density at radius 3 is 1.77 bits per heavy atom. The van der Waals surface area contributed by atoms with Crippen molar-refractivity contribution < 1.29 is 29.0 Å². The first-order valence-electron chi connectivity index (χ1n) is 7.94. The van der Waals surface area contributed by atoms with E-state index in [1.807, 2.05) is 0 Å². The number of allylic oxidation sites excluding steroid dienone is 1. The molecular formula is C16H29ClN2O7. The molecule has 3 N–H and O–H groups in total. The minimum Gasteiger partial charge on any atom is -0.509 e. The van der Waals surface area contributed by atoms with E-state index in [4.69, 9.17) is 5.73 Å². The van der Waals surface area contributed by atoms with E-state index in [1.165, 1.54) is 0 Å². The van der Waals surface area contributed by atoms with Gasteiger partial charge < -0.3 is 20.3 Å². The third-order valence-electron chi connectivity index (χ3n) is 2.77. The van der Waals surface area contributed by atoms with Gasteiger partial charge in [0.2, 0.25) is 5.70 Å². The summed E-state index contributed by atoms with van der Waals surface area (Å²) in [6.45, 7) is 10.3. The molecule has 152 valence electrons. The molecule has 9 nitrogen and oxygen atoms in total. The minimum absolute atomic E-state index is 0. The number of carbonyl (C=O) groups is 3. The average molecular weight is 397 g/mol. The van der Waals surface area contributed by atoms with Crippen LogP contribution in [0, 0.1) is 16.7 Å². The van der Waals surface area contributed by atoms with E-state index in [1.54, 1.807) is 41.5 Å². The molecule has 10 heteroatoms. The van der Waals surface area contributed by atoms with Crippen molar-refractivity contribution in [1.82, 2.24) is 0 Å². The Hall–Kier alpha value is -2.00. The third-order valence-corrected chi connectivity index (χ3v) is 2.77. The number of nitrogens with two attached hydrogens (primary N) is 1. The van der Waals surface area contributed by atoms with Crippen LogP contribution >= 0.6 is 12.4 Å². The SMILES string of the molecule is CCOC(=O)C(N)C(=O)C(C)C.CCOC(=O)C(N=O)=C(O)C(C)C.Cl. The van der Waals surface area contributed by atoms with E-state index >= 15 is 0 Å². The molecule has 0 fully saturated rings. The Morgan fingerprint density at radius 1 is 1.00 bits per heavy atom. The number of aliphatic hydroxyl groups is 1. The molecule has 0 saturated carbocycles. The van der Waals surface area contributed by atoms with Crippen LogP contribution in [0.3, 0.4) is 0 Å². The molecule has 26 heavy (non-hydrogen) atoms. The predicted molar refractivity (Wildman–Crippen MR) is 98.6 cm³/mol. The predicted octanol–water partition coefficient (Wildman–Crippen LogP) is 2.27. The molecule has 1 atom stereocenters. The highest BCUT2D eigenvalue weighted by atomic mass is 35.5. The highest BCUT2D eigenvalue weighted by Crippen LogP contribution is 2.13. The van der Waals surface area contributed by atoms with Crippen molar-refractivity contribution in [2.24, 2.45) is 22.7 Å². The van der Waals surface area contributed by atoms with Crippen molar-refractivity contribution in [2.75, 3.05) is 13.2 Å². The molecular weight excluding hydrogens is 368 g/mol. The summed E-state index contributed by atoms with van der Waals surface area (Å²) in [6, 6.07) is -1.12. The van der Waals surface area contributed by atoms with Crippen LogP contribution < -0.4 is 5.73 Å². The first kappa shape index (κ1) is 28.8. The van der Waals surface area contributed by atoms with Gasteiger partial charge >= 0.3 is 11.9 Å². The fraction of sp³-hybridized carbons (Fsp3) is 0.688.